The molecule has 7 nitrogen and oxygen atoms in total. The highest BCUT2D eigenvalue weighted by Crippen LogP contribution is 2.39. The van der Waals surface area contributed by atoms with E-state index in [1.165, 1.54) is 6.08 Å². The van der Waals surface area contributed by atoms with Gasteiger partial charge >= 0.3 is 17.9 Å². The Balaban J connectivity index is 2.00. The number of carboxylic acids is 1. The van der Waals surface area contributed by atoms with Crippen molar-refractivity contribution in [2.75, 3.05) is 0 Å². The molecule has 0 unspecified atom stereocenters. The Kier molecular flexibility index (Phi) is 10.7. The fourth-order valence-corrected chi connectivity index (χ4v) is 5.35. The summed E-state index contributed by atoms with van der Waals surface area (Å²) in [6.45, 7) is 12.7. The van der Waals surface area contributed by atoms with Crippen molar-refractivity contribution >= 4 is 26.2 Å². The molecule has 0 radical (unpaired) electrons. The van der Waals surface area contributed by atoms with E-state index in [1.807, 2.05) is 43.3 Å². The smallest absolute Gasteiger partial charge is 0.342 e. The molecule has 0 fully saturated rings. The van der Waals surface area contributed by atoms with Crippen LogP contribution in [-0.4, -0.2) is 43.5 Å². The molecule has 3 rings (SSSR count). The summed E-state index contributed by atoms with van der Waals surface area (Å²) in [6.07, 6.45) is 6.77. The summed E-state index contributed by atoms with van der Waals surface area (Å²) in [4.78, 5) is 38.0. The zero-order chi connectivity index (χ0) is 30.2. The fraction of sp³-hybridized carbons (Fsp3) is 0.424. The van der Waals surface area contributed by atoms with Crippen LogP contribution in [0.3, 0.4) is 0 Å². The first-order valence-corrected chi connectivity index (χ1v) is 17.0. The van der Waals surface area contributed by atoms with Crippen molar-refractivity contribution in [1.82, 2.24) is 0 Å². The molecule has 1 N–H and O–H groups in total. The van der Waals surface area contributed by atoms with Gasteiger partial charge in [-0.15, -0.1) is 0 Å². The normalized spacial score (nSPS) is 20.3. The van der Waals surface area contributed by atoms with Crippen molar-refractivity contribution in [3.63, 3.8) is 0 Å². The average molecular weight is 579 g/mol. The molecule has 0 amide bonds. The van der Waals surface area contributed by atoms with Gasteiger partial charge in [0.15, 0.2) is 0 Å². The molecule has 220 valence electrons. The van der Waals surface area contributed by atoms with E-state index in [4.69, 9.17) is 19.0 Å². The topological polar surface area (TPSA) is 99.1 Å². The highest BCUT2D eigenvalue weighted by Gasteiger charge is 2.40. The number of hydrogen-bond donors (Lipinski definition) is 1. The van der Waals surface area contributed by atoms with Crippen LogP contribution in [0, 0.1) is 5.92 Å². The maximum atomic E-state index is 13.9. The first-order valence-electron chi connectivity index (χ1n) is 14.1. The lowest BCUT2D eigenvalue weighted by Crippen LogP contribution is -2.44. The minimum Gasteiger partial charge on any atom is -0.543 e. The van der Waals surface area contributed by atoms with E-state index >= 15 is 0 Å². The van der Waals surface area contributed by atoms with Crippen LogP contribution >= 0.6 is 0 Å². The van der Waals surface area contributed by atoms with E-state index in [-0.39, 0.29) is 23.8 Å². The number of esters is 2. The van der Waals surface area contributed by atoms with E-state index < -0.39 is 38.4 Å². The Hall–Kier alpha value is -3.65. The summed E-state index contributed by atoms with van der Waals surface area (Å²) < 4.78 is 18.6. The molecule has 0 aliphatic carbocycles. The highest BCUT2D eigenvalue weighted by atomic mass is 28.4. The minimum atomic E-state index is -2.29. The molecule has 2 aromatic rings. The predicted octanol–water partition coefficient (Wildman–Crippen LogP) is 7.38. The van der Waals surface area contributed by atoms with Gasteiger partial charge in [0.1, 0.15) is 23.5 Å². The zero-order valence-electron chi connectivity index (χ0n) is 24.9. The van der Waals surface area contributed by atoms with Gasteiger partial charge in [-0.3, -0.25) is 0 Å². The molecule has 2 aromatic carbocycles. The Morgan fingerprint density at radius 3 is 2.44 bits per heavy atom. The molecule has 0 bridgehead atoms. The molecular formula is C33H42O7Si. The van der Waals surface area contributed by atoms with E-state index in [2.05, 4.69) is 33.9 Å². The number of ether oxygens (including phenoxy) is 2. The number of carboxylic acid groups (broad SMARTS) is 1. The number of allylic oxidation sites excluding steroid dienone is 2. The van der Waals surface area contributed by atoms with Crippen molar-refractivity contribution < 1.29 is 33.4 Å². The first-order chi connectivity index (χ1) is 19.3. The summed E-state index contributed by atoms with van der Waals surface area (Å²) in [5.41, 5.74) is 1.60. The van der Waals surface area contributed by atoms with Crippen molar-refractivity contribution in [3.8, 4) is 5.75 Å². The molecule has 41 heavy (non-hydrogen) atoms. The molecule has 1 heterocycles. The molecule has 0 aromatic heterocycles. The first kappa shape index (κ1) is 31.9. The van der Waals surface area contributed by atoms with Gasteiger partial charge in [-0.25, -0.2) is 14.4 Å². The van der Waals surface area contributed by atoms with Crippen LogP contribution < -0.4 is 4.43 Å². The molecule has 3 atom stereocenters. The van der Waals surface area contributed by atoms with E-state index in [9.17, 15) is 14.4 Å². The van der Waals surface area contributed by atoms with Gasteiger partial charge in [0.05, 0.1) is 5.56 Å². The Morgan fingerprint density at radius 2 is 1.78 bits per heavy atom. The third-order valence-corrected chi connectivity index (χ3v) is 12.2. The third-order valence-electron chi connectivity index (χ3n) is 7.83. The van der Waals surface area contributed by atoms with Gasteiger partial charge < -0.3 is 19.0 Å². The molecular weight excluding hydrogens is 536 g/mol. The minimum absolute atomic E-state index is 0.0734. The lowest BCUT2D eigenvalue weighted by atomic mass is 9.93. The van der Waals surface area contributed by atoms with Gasteiger partial charge in [-0.2, -0.15) is 0 Å². The molecule has 1 aliphatic rings. The van der Waals surface area contributed by atoms with Gasteiger partial charge in [0.25, 0.3) is 8.32 Å². The van der Waals surface area contributed by atoms with Crippen molar-refractivity contribution in [2.45, 2.75) is 83.7 Å². The summed E-state index contributed by atoms with van der Waals surface area (Å²) in [5, 5.41) is 9.06. The number of hydrogen-bond acceptors (Lipinski definition) is 6. The largest absolute Gasteiger partial charge is 0.543 e. The second-order valence-electron chi connectivity index (χ2n) is 12.1. The van der Waals surface area contributed by atoms with Crippen molar-refractivity contribution in [1.29, 1.82) is 0 Å². The number of carbonyl (C=O) groups is 3. The van der Waals surface area contributed by atoms with Gasteiger partial charge in [-0.1, -0.05) is 76.3 Å². The molecule has 0 spiro atoms. The molecule has 8 heteroatoms. The maximum absolute atomic E-state index is 13.9. The van der Waals surface area contributed by atoms with E-state index in [1.54, 1.807) is 24.3 Å². The summed E-state index contributed by atoms with van der Waals surface area (Å²) in [6, 6.07) is 14.3. The van der Waals surface area contributed by atoms with Crippen LogP contribution in [-0.2, 0) is 20.7 Å². The quantitative estimate of drug-likeness (QED) is 0.158. The molecule has 0 saturated heterocycles. The van der Waals surface area contributed by atoms with E-state index in [0.29, 0.717) is 29.7 Å². The monoisotopic (exact) mass is 578 g/mol. The van der Waals surface area contributed by atoms with Crippen LogP contribution in [0.5, 0.6) is 5.75 Å². The number of cyclic esters (lactones) is 1. The average Bonchev–Trinajstić information content (AvgIpc) is 2.89. The van der Waals surface area contributed by atoms with Crippen molar-refractivity contribution in [2.24, 2.45) is 5.92 Å². The number of aliphatic carboxylic acids is 1. The predicted molar refractivity (Wildman–Crippen MR) is 162 cm³/mol. The Morgan fingerprint density at radius 1 is 1.07 bits per heavy atom. The van der Waals surface area contributed by atoms with Crippen LogP contribution in [0.4, 0.5) is 0 Å². The van der Waals surface area contributed by atoms with E-state index in [0.717, 1.165) is 11.6 Å². The summed E-state index contributed by atoms with van der Waals surface area (Å²) in [7, 11) is -2.29. The number of carbonyl (C=O) groups excluding carboxylic acids is 2. The summed E-state index contributed by atoms with van der Waals surface area (Å²) in [5.74, 6) is -1.68. The number of fused-ring (bicyclic) bond motifs is 1. The number of benzene rings is 2. The molecule has 0 saturated carbocycles. The lowest BCUT2D eigenvalue weighted by molar-refractivity contribution is -0.131. The maximum Gasteiger partial charge on any atom is 0.342 e. The Bertz CT molecular complexity index is 1270. The molecule has 1 aliphatic heterocycles. The lowest BCUT2D eigenvalue weighted by Gasteiger charge is -2.37. The zero-order valence-corrected chi connectivity index (χ0v) is 25.9. The van der Waals surface area contributed by atoms with Gasteiger partial charge in [0, 0.05) is 18.9 Å². The van der Waals surface area contributed by atoms with Gasteiger partial charge in [0.2, 0.25) is 0 Å². The Labute approximate surface area is 244 Å². The van der Waals surface area contributed by atoms with Crippen LogP contribution in [0.25, 0.3) is 0 Å². The second kappa shape index (κ2) is 13.8. The van der Waals surface area contributed by atoms with Gasteiger partial charge in [-0.05, 0) is 60.7 Å². The second-order valence-corrected chi connectivity index (χ2v) is 16.8. The summed E-state index contributed by atoms with van der Waals surface area (Å²) >= 11 is 0. The third kappa shape index (κ3) is 8.92. The van der Waals surface area contributed by atoms with Crippen LogP contribution in [0.1, 0.15) is 73.2 Å². The number of rotatable bonds is 7. The standard InChI is InChI=1S/C33H42O7Si/c1-23-14-10-11-15-24-18-12-20-27(40-41(5,6)33(2,3)4)30(24)32(37)38-26(19-13-21-29(34)35)22-28(23)39-31(36)25-16-8-7-9-17-25/h7-13,16-18,20-21,23,26,28H,14-15,19,22H2,1-6H3,(H,34,35)/t23-,26-,28+/m0/s1. The van der Waals surface area contributed by atoms with Crippen LogP contribution in [0.15, 0.2) is 72.8 Å². The highest BCUT2D eigenvalue weighted by molar-refractivity contribution is 6.74. The fourth-order valence-electron chi connectivity index (χ4n) is 4.32. The van der Waals surface area contributed by atoms with Crippen LogP contribution in [0.2, 0.25) is 18.1 Å². The SMILES string of the molecule is C[C@H]1CC=CCc2cccc(O[Si](C)(C)C(C)(C)C)c2C(=O)O[C@@H](CC=CC(=O)O)C[C@H]1OC(=O)c1ccccc1. The van der Waals surface area contributed by atoms with Crippen molar-refractivity contribution in [3.05, 3.63) is 89.5 Å².